The van der Waals surface area contributed by atoms with Crippen molar-refractivity contribution in [3.63, 3.8) is 0 Å². The van der Waals surface area contributed by atoms with Crippen molar-refractivity contribution in [1.29, 1.82) is 0 Å². The molecule has 6 atom stereocenters. The van der Waals surface area contributed by atoms with Gasteiger partial charge in [-0.15, -0.1) is 0 Å². The lowest BCUT2D eigenvalue weighted by Crippen LogP contribution is -2.51. The normalized spacial score (nSPS) is 20.6. The molecule has 67 heavy (non-hydrogen) atoms. The van der Waals surface area contributed by atoms with Crippen molar-refractivity contribution in [2.75, 3.05) is 32.1 Å². The van der Waals surface area contributed by atoms with Gasteiger partial charge in [0.2, 0.25) is 11.8 Å². The second-order valence-corrected chi connectivity index (χ2v) is 18.9. The van der Waals surface area contributed by atoms with Crippen molar-refractivity contribution in [3.8, 4) is 11.3 Å². The first-order chi connectivity index (χ1) is 32.3. The van der Waals surface area contributed by atoms with Crippen LogP contribution in [0.4, 0.5) is 15.3 Å². The number of nitrogens with one attached hydrogen (secondary N) is 3. The zero-order valence-electron chi connectivity index (χ0n) is 39.0. The molecule has 350 valence electrons. The highest BCUT2D eigenvalue weighted by atomic mass is 16.5. The zero-order valence-corrected chi connectivity index (χ0v) is 39.0. The summed E-state index contributed by atoms with van der Waals surface area (Å²) in [7, 11) is 2.76. The Balaban J connectivity index is 1.02. The highest BCUT2D eigenvalue weighted by Gasteiger charge is 2.41. The first-order valence-electron chi connectivity index (χ1n) is 23.5. The first-order valence-corrected chi connectivity index (χ1v) is 23.5. The number of aromatic amines is 2. The van der Waals surface area contributed by atoms with Crippen LogP contribution in [0.25, 0.3) is 33.3 Å². The van der Waals surface area contributed by atoms with Crippen LogP contribution in [-0.4, -0.2) is 108 Å². The van der Waals surface area contributed by atoms with Gasteiger partial charge in [-0.3, -0.25) is 19.5 Å². The molecule has 3 aliphatic heterocycles. The Hall–Kier alpha value is -6.97. The van der Waals surface area contributed by atoms with Gasteiger partial charge >= 0.3 is 12.2 Å². The summed E-state index contributed by atoms with van der Waals surface area (Å²) in [6.07, 6.45) is 4.95. The highest BCUT2D eigenvalue weighted by Crippen LogP contribution is 2.48. The number of carbonyl (C=O) groups is 4. The van der Waals surface area contributed by atoms with Gasteiger partial charge in [0.15, 0.2) is 0 Å². The van der Waals surface area contributed by atoms with Crippen LogP contribution in [-0.2, 0) is 14.3 Å². The second kappa shape index (κ2) is 18.7. The van der Waals surface area contributed by atoms with E-state index >= 15 is 0 Å². The number of nitrogens with zero attached hydrogens (tertiary/aromatic N) is 7. The lowest BCUT2D eigenvalue weighted by atomic mass is 10.0. The molecule has 9 rings (SSSR count). The van der Waals surface area contributed by atoms with Crippen LogP contribution in [0.15, 0.2) is 85.1 Å². The Morgan fingerprint density at radius 1 is 0.731 bits per heavy atom. The third-order valence-corrected chi connectivity index (χ3v) is 14.0. The molecule has 0 spiro atoms. The number of likely N-dealkylation sites (tertiary alicyclic amines) is 2. The molecule has 3 aromatic carbocycles. The number of benzene rings is 3. The van der Waals surface area contributed by atoms with E-state index in [0.29, 0.717) is 18.9 Å². The molecule has 16 heteroatoms. The Labute approximate surface area is 390 Å². The molecule has 4 amide bonds. The van der Waals surface area contributed by atoms with Crippen LogP contribution < -0.4 is 10.2 Å². The fraction of sp³-hybridized carbons (Fsp3) is 0.431. The van der Waals surface area contributed by atoms with Gasteiger partial charge in [0.05, 0.1) is 59.0 Å². The topological polar surface area (TPSA) is 193 Å². The molecule has 0 bridgehead atoms. The van der Waals surface area contributed by atoms with Crippen LogP contribution in [0, 0.1) is 11.8 Å². The van der Waals surface area contributed by atoms with E-state index in [1.54, 1.807) is 11.1 Å². The number of pyridine rings is 1. The van der Waals surface area contributed by atoms with Crippen molar-refractivity contribution in [1.82, 2.24) is 44.9 Å². The molecule has 3 aliphatic rings. The monoisotopic (exact) mass is 908 g/mol. The van der Waals surface area contributed by atoms with Crippen molar-refractivity contribution in [2.45, 2.75) is 102 Å². The summed E-state index contributed by atoms with van der Waals surface area (Å²) in [4.78, 5) is 81.1. The molecular formula is C51H60N10O6. The number of carboxylic acid groups (broad SMARTS) is 1. The molecule has 3 saturated heterocycles. The summed E-state index contributed by atoms with van der Waals surface area (Å²) >= 11 is 0. The largest absolute Gasteiger partial charge is 0.465 e. The van der Waals surface area contributed by atoms with Crippen molar-refractivity contribution >= 4 is 51.8 Å². The third kappa shape index (κ3) is 8.76. The smallest absolute Gasteiger partial charge is 0.407 e. The van der Waals surface area contributed by atoms with Crippen molar-refractivity contribution < 1.29 is 29.0 Å². The molecule has 6 aromatic rings. The minimum atomic E-state index is -1.13. The second-order valence-electron chi connectivity index (χ2n) is 18.9. The number of amides is 4. The van der Waals surface area contributed by atoms with Gasteiger partial charge in [-0.2, -0.15) is 0 Å². The van der Waals surface area contributed by atoms with Gasteiger partial charge in [0.1, 0.15) is 23.7 Å². The van der Waals surface area contributed by atoms with E-state index in [4.69, 9.17) is 14.7 Å². The molecule has 0 aliphatic carbocycles. The molecule has 16 nitrogen and oxygen atoms in total. The summed E-state index contributed by atoms with van der Waals surface area (Å²) in [6, 6.07) is 25.4. The van der Waals surface area contributed by atoms with E-state index in [9.17, 15) is 24.3 Å². The molecule has 4 N–H and O–H groups in total. The molecule has 3 fully saturated rings. The number of hydrogen-bond donors (Lipinski definition) is 4. The summed E-state index contributed by atoms with van der Waals surface area (Å²) < 4.78 is 4.83. The van der Waals surface area contributed by atoms with Gasteiger partial charge in [-0.05, 0) is 110 Å². The van der Waals surface area contributed by atoms with Crippen molar-refractivity contribution in [2.24, 2.45) is 11.8 Å². The number of hydrogen-bond acceptors (Lipinski definition) is 9. The fourth-order valence-corrected chi connectivity index (χ4v) is 10.7. The summed E-state index contributed by atoms with van der Waals surface area (Å²) in [5.41, 5.74) is 8.71. The number of methoxy groups -OCH3 is 1. The van der Waals surface area contributed by atoms with Crippen LogP contribution in [0.2, 0.25) is 0 Å². The molecular weight excluding hydrogens is 849 g/mol. The predicted octanol–water partition coefficient (Wildman–Crippen LogP) is 8.93. The first kappa shape index (κ1) is 45.2. The van der Waals surface area contributed by atoms with E-state index < -0.39 is 24.3 Å². The van der Waals surface area contributed by atoms with Crippen molar-refractivity contribution in [3.05, 3.63) is 108 Å². The van der Waals surface area contributed by atoms with E-state index in [1.807, 2.05) is 50.8 Å². The van der Waals surface area contributed by atoms with E-state index in [2.05, 4.69) is 85.8 Å². The summed E-state index contributed by atoms with van der Waals surface area (Å²) in [5, 5.41) is 12.5. The van der Waals surface area contributed by atoms with Crippen LogP contribution >= 0.6 is 0 Å². The Bertz CT molecular complexity index is 2770. The predicted molar refractivity (Wildman–Crippen MR) is 255 cm³/mol. The summed E-state index contributed by atoms with van der Waals surface area (Å²) in [6.45, 7) is 8.69. The molecule has 0 unspecified atom stereocenters. The van der Waals surface area contributed by atoms with Gasteiger partial charge in [-0.1, -0.05) is 58.0 Å². The molecule has 0 saturated carbocycles. The number of fused-ring (bicyclic) bond motifs is 2. The SMILES string of the molecule is COC(=O)N[C@H](C(=O)N1CCC[C@H]1c1nc2ccc([C@H]3CC[C@H](c4ccc5nc([C@@H]6CCCN6C(=O)[C@H](C(C)C)N(C)C(=O)O)[nH]c5c4)N3c3ccc(-c4ccccn4)cc3)cc2[nH]1)C(C)C. The van der Waals surface area contributed by atoms with E-state index in [-0.39, 0.29) is 47.8 Å². The minimum Gasteiger partial charge on any atom is -0.465 e. The van der Waals surface area contributed by atoms with Crippen LogP contribution in [0.1, 0.15) is 113 Å². The maximum absolute atomic E-state index is 14.0. The lowest BCUT2D eigenvalue weighted by molar-refractivity contribution is -0.138. The Morgan fingerprint density at radius 2 is 1.30 bits per heavy atom. The van der Waals surface area contributed by atoms with Crippen LogP contribution in [0.3, 0.4) is 0 Å². The fourth-order valence-electron chi connectivity index (χ4n) is 10.7. The van der Waals surface area contributed by atoms with Crippen LogP contribution in [0.5, 0.6) is 0 Å². The summed E-state index contributed by atoms with van der Waals surface area (Å²) in [5.74, 6) is 0.766. The van der Waals surface area contributed by atoms with E-state index in [1.165, 1.54) is 14.2 Å². The van der Waals surface area contributed by atoms with Gasteiger partial charge in [0, 0.05) is 37.6 Å². The maximum Gasteiger partial charge on any atom is 0.407 e. The third-order valence-electron chi connectivity index (χ3n) is 14.0. The van der Waals surface area contributed by atoms with Gasteiger partial charge in [0.25, 0.3) is 0 Å². The quantitative estimate of drug-likeness (QED) is 0.0922. The standard InChI is InChI=1S/C51H60N10O6/c1-29(2)44(57-50(64)67-6)48(62)59-25-9-12-42(59)46-53-36-20-16-32(27-38(36)55-46)40-22-23-41(61(40)34-18-14-31(15-19-34)35-11-7-8-24-52-35)33-17-21-37-39(28-33)56-47(54-37)43-13-10-26-60(43)49(63)45(30(3)4)58(5)51(65)66/h7-8,11,14-21,24,27-30,40-45H,9-10,12-13,22-23,25-26H2,1-6H3,(H,53,55)(H,54,56)(H,57,64)(H,65,66)/t40-,41-,42+,43+,44+,45+/m1/s1. The number of carbonyl (C=O) groups excluding carboxylic acids is 3. The Kier molecular flexibility index (Phi) is 12.6. The number of aromatic nitrogens is 5. The van der Waals surface area contributed by atoms with E-state index in [0.717, 1.165) is 99.4 Å². The number of rotatable bonds is 12. The molecule has 3 aromatic heterocycles. The highest BCUT2D eigenvalue weighted by molar-refractivity contribution is 5.87. The lowest BCUT2D eigenvalue weighted by Gasteiger charge is -2.33. The zero-order chi connectivity index (χ0) is 47.1. The van der Waals surface area contributed by atoms with Gasteiger partial charge in [-0.25, -0.2) is 19.6 Å². The molecule has 0 radical (unpaired) electrons. The number of alkyl carbamates (subject to hydrolysis) is 1. The maximum atomic E-state index is 14.0. The van der Waals surface area contributed by atoms with Gasteiger partial charge < -0.3 is 39.8 Å². The minimum absolute atomic E-state index is 0.0170. The number of ether oxygens (including phenoxy) is 1. The number of H-pyrrole nitrogens is 2. The number of anilines is 1. The average molecular weight is 909 g/mol. The average Bonchev–Trinajstić information content (AvgIpc) is 4.19. The number of imidazole rings is 2. The molecule has 6 heterocycles. The Morgan fingerprint density at radius 3 is 1.79 bits per heavy atom. The number of likely N-dealkylation sites (N-methyl/N-ethyl adjacent to an activating group) is 1.